The first kappa shape index (κ1) is 16.0. The molecule has 7 heteroatoms. The van der Waals surface area contributed by atoms with E-state index in [1.165, 1.54) is 12.3 Å². The van der Waals surface area contributed by atoms with Crippen LogP contribution in [-0.4, -0.2) is 28.7 Å². The molecule has 1 aliphatic heterocycles. The van der Waals surface area contributed by atoms with Crippen LogP contribution in [0.1, 0.15) is 19.4 Å². The highest BCUT2D eigenvalue weighted by atomic mass is 16.6. The van der Waals surface area contributed by atoms with Crippen molar-refractivity contribution in [3.63, 3.8) is 0 Å². The van der Waals surface area contributed by atoms with Crippen LogP contribution in [0.25, 0.3) is 0 Å². The van der Waals surface area contributed by atoms with Gasteiger partial charge in [0.05, 0.1) is 11.5 Å². The van der Waals surface area contributed by atoms with Gasteiger partial charge >= 0.3 is 0 Å². The molecule has 0 unspecified atom stereocenters. The average Bonchev–Trinajstić information content (AvgIpc) is 2.86. The van der Waals surface area contributed by atoms with Gasteiger partial charge in [0.25, 0.3) is 5.69 Å². The summed E-state index contributed by atoms with van der Waals surface area (Å²) in [5.41, 5.74) is 0.918. The predicted octanol–water partition coefficient (Wildman–Crippen LogP) is 3.19. The largest absolute Gasteiger partial charge is 0.488 e. The van der Waals surface area contributed by atoms with E-state index in [1.807, 2.05) is 12.1 Å². The molecule has 0 fully saturated rings. The van der Waals surface area contributed by atoms with Gasteiger partial charge in [0.15, 0.2) is 11.5 Å². The lowest BCUT2D eigenvalue weighted by molar-refractivity contribution is -0.385. The van der Waals surface area contributed by atoms with Crippen molar-refractivity contribution >= 4 is 11.5 Å². The number of pyridine rings is 1. The normalized spacial score (nSPS) is 14.6. The van der Waals surface area contributed by atoms with E-state index in [0.717, 1.165) is 23.5 Å². The third-order valence-electron chi connectivity index (χ3n) is 3.68. The summed E-state index contributed by atoms with van der Waals surface area (Å²) in [6.07, 6.45) is 2.09. The van der Waals surface area contributed by atoms with E-state index in [2.05, 4.69) is 30.2 Å². The molecule has 0 amide bonds. The Morgan fingerprint density at radius 2 is 2.21 bits per heavy atom. The molecule has 3 rings (SSSR count). The van der Waals surface area contributed by atoms with E-state index < -0.39 is 4.92 Å². The lowest BCUT2D eigenvalue weighted by Crippen LogP contribution is -2.24. The predicted molar refractivity (Wildman–Crippen MR) is 89.7 cm³/mol. The highest BCUT2D eigenvalue weighted by Crippen LogP contribution is 2.41. The van der Waals surface area contributed by atoms with Crippen LogP contribution in [0.15, 0.2) is 36.5 Å². The summed E-state index contributed by atoms with van der Waals surface area (Å²) in [7, 11) is 0. The highest BCUT2D eigenvalue weighted by Gasteiger charge is 2.32. The molecule has 0 bridgehead atoms. The van der Waals surface area contributed by atoms with E-state index in [0.29, 0.717) is 19.0 Å². The molecular weight excluding hydrogens is 310 g/mol. The van der Waals surface area contributed by atoms with Crippen LogP contribution in [-0.2, 0) is 6.42 Å². The number of hydrogen-bond donors (Lipinski definition) is 1. The number of rotatable bonds is 6. The topological polar surface area (TPSA) is 86.5 Å². The van der Waals surface area contributed by atoms with Crippen molar-refractivity contribution < 1.29 is 14.4 Å². The van der Waals surface area contributed by atoms with Gasteiger partial charge in [0.2, 0.25) is 0 Å². The standard InChI is InChI=1S/C17H19N3O4/c1-17(2)10-12-4-3-5-14(16(12)24-17)23-9-8-18-15-7-6-13(11-19-15)20(21)22/h3-7,11H,8-10H2,1-2H3,(H,18,19). The number of fused-ring (bicyclic) bond motifs is 1. The van der Waals surface area contributed by atoms with Crippen LogP contribution in [0.5, 0.6) is 11.5 Å². The molecule has 0 saturated heterocycles. The maximum absolute atomic E-state index is 10.6. The Morgan fingerprint density at radius 3 is 2.92 bits per heavy atom. The van der Waals surface area contributed by atoms with Crippen LogP contribution >= 0.6 is 0 Å². The molecule has 1 aromatic carbocycles. The summed E-state index contributed by atoms with van der Waals surface area (Å²) in [4.78, 5) is 14.1. The van der Waals surface area contributed by atoms with Gasteiger partial charge in [-0.2, -0.15) is 0 Å². The van der Waals surface area contributed by atoms with E-state index in [1.54, 1.807) is 6.07 Å². The number of nitrogens with one attached hydrogen (secondary N) is 1. The van der Waals surface area contributed by atoms with Gasteiger partial charge in [-0.3, -0.25) is 10.1 Å². The van der Waals surface area contributed by atoms with Crippen LogP contribution < -0.4 is 14.8 Å². The molecular formula is C17H19N3O4. The number of hydrogen-bond acceptors (Lipinski definition) is 6. The third kappa shape index (κ3) is 3.56. The fourth-order valence-corrected chi connectivity index (χ4v) is 2.64. The van der Waals surface area contributed by atoms with Gasteiger partial charge in [-0.25, -0.2) is 4.98 Å². The zero-order chi connectivity index (χ0) is 17.2. The minimum Gasteiger partial charge on any atom is -0.488 e. The molecule has 2 heterocycles. The second kappa shape index (κ2) is 6.35. The summed E-state index contributed by atoms with van der Waals surface area (Å²) >= 11 is 0. The zero-order valence-electron chi connectivity index (χ0n) is 13.6. The number of aromatic nitrogens is 1. The first-order valence-corrected chi connectivity index (χ1v) is 7.73. The summed E-state index contributed by atoms with van der Waals surface area (Å²) in [5, 5.41) is 13.6. The van der Waals surface area contributed by atoms with Gasteiger partial charge in [0, 0.05) is 18.1 Å². The Morgan fingerprint density at radius 1 is 1.38 bits per heavy atom. The van der Waals surface area contributed by atoms with Crippen molar-refractivity contribution in [3.05, 3.63) is 52.2 Å². The molecule has 0 radical (unpaired) electrons. The molecule has 1 N–H and O–H groups in total. The number of nitro groups is 1. The number of nitrogens with zero attached hydrogens (tertiary/aromatic N) is 2. The van der Waals surface area contributed by atoms with E-state index in [-0.39, 0.29) is 11.3 Å². The van der Waals surface area contributed by atoms with Crippen molar-refractivity contribution in [2.75, 3.05) is 18.5 Å². The van der Waals surface area contributed by atoms with E-state index in [4.69, 9.17) is 9.47 Å². The van der Waals surface area contributed by atoms with Crippen LogP contribution in [0.3, 0.4) is 0 Å². The second-order valence-corrected chi connectivity index (χ2v) is 6.22. The molecule has 0 atom stereocenters. The maximum Gasteiger partial charge on any atom is 0.287 e. The van der Waals surface area contributed by atoms with E-state index >= 15 is 0 Å². The first-order valence-electron chi connectivity index (χ1n) is 7.73. The first-order chi connectivity index (χ1) is 11.4. The Kier molecular flexibility index (Phi) is 4.24. The number of para-hydroxylation sites is 1. The maximum atomic E-state index is 10.6. The summed E-state index contributed by atoms with van der Waals surface area (Å²) in [6.45, 7) is 5.06. The molecule has 0 spiro atoms. The third-order valence-corrected chi connectivity index (χ3v) is 3.68. The Bertz CT molecular complexity index is 744. The smallest absolute Gasteiger partial charge is 0.287 e. The Balaban J connectivity index is 1.53. The lowest BCUT2D eigenvalue weighted by Gasteiger charge is -2.18. The molecule has 126 valence electrons. The minimum atomic E-state index is -0.475. The van der Waals surface area contributed by atoms with Gasteiger partial charge in [-0.05, 0) is 26.0 Å². The van der Waals surface area contributed by atoms with Gasteiger partial charge in [-0.1, -0.05) is 12.1 Å². The van der Waals surface area contributed by atoms with Crippen molar-refractivity contribution in [2.24, 2.45) is 0 Å². The number of ether oxygens (including phenoxy) is 2. The molecule has 7 nitrogen and oxygen atoms in total. The quantitative estimate of drug-likeness (QED) is 0.497. The summed E-state index contributed by atoms with van der Waals surface area (Å²) < 4.78 is 11.8. The van der Waals surface area contributed by atoms with Gasteiger partial charge < -0.3 is 14.8 Å². The number of anilines is 1. The molecule has 0 saturated carbocycles. The molecule has 2 aromatic rings. The summed E-state index contributed by atoms with van der Waals surface area (Å²) in [5.74, 6) is 2.12. The Hall–Kier alpha value is -2.83. The molecule has 1 aliphatic rings. The van der Waals surface area contributed by atoms with Crippen molar-refractivity contribution in [1.82, 2.24) is 4.98 Å². The van der Waals surface area contributed by atoms with Gasteiger partial charge in [-0.15, -0.1) is 0 Å². The zero-order valence-corrected chi connectivity index (χ0v) is 13.6. The average molecular weight is 329 g/mol. The van der Waals surface area contributed by atoms with Crippen molar-refractivity contribution in [2.45, 2.75) is 25.9 Å². The monoisotopic (exact) mass is 329 g/mol. The minimum absolute atomic E-state index is 0.0311. The molecule has 1 aromatic heterocycles. The molecule has 24 heavy (non-hydrogen) atoms. The molecule has 0 aliphatic carbocycles. The Labute approximate surface area is 139 Å². The lowest BCUT2D eigenvalue weighted by atomic mass is 10.0. The number of benzene rings is 1. The van der Waals surface area contributed by atoms with Crippen LogP contribution in [0, 0.1) is 10.1 Å². The summed E-state index contributed by atoms with van der Waals surface area (Å²) in [6, 6.07) is 8.89. The fraction of sp³-hybridized carbons (Fsp3) is 0.353. The second-order valence-electron chi connectivity index (χ2n) is 6.22. The van der Waals surface area contributed by atoms with Crippen molar-refractivity contribution in [1.29, 1.82) is 0 Å². The SMILES string of the molecule is CC1(C)Cc2cccc(OCCNc3ccc([N+](=O)[O-])cn3)c2O1. The van der Waals surface area contributed by atoms with Gasteiger partial charge in [0.1, 0.15) is 24.2 Å². The highest BCUT2D eigenvalue weighted by molar-refractivity contribution is 5.50. The van der Waals surface area contributed by atoms with Crippen LogP contribution in [0.4, 0.5) is 11.5 Å². The van der Waals surface area contributed by atoms with E-state index in [9.17, 15) is 10.1 Å². The van der Waals surface area contributed by atoms with Crippen molar-refractivity contribution in [3.8, 4) is 11.5 Å². The van der Waals surface area contributed by atoms with Crippen LogP contribution in [0.2, 0.25) is 0 Å². The fourth-order valence-electron chi connectivity index (χ4n) is 2.64.